The summed E-state index contributed by atoms with van der Waals surface area (Å²) in [7, 11) is 0.685. The lowest BCUT2D eigenvalue weighted by Crippen LogP contribution is -2.40. The highest BCUT2D eigenvalue weighted by Crippen LogP contribution is 2.23. The van der Waals surface area contributed by atoms with Gasteiger partial charge >= 0.3 is 0 Å². The van der Waals surface area contributed by atoms with E-state index in [0.29, 0.717) is 32.1 Å². The molecule has 0 bridgehead atoms. The summed E-state index contributed by atoms with van der Waals surface area (Å²) < 4.78 is 28.3. The lowest BCUT2D eigenvalue weighted by molar-refractivity contribution is 0.225. The molecule has 1 fully saturated rings. The van der Waals surface area contributed by atoms with Crippen LogP contribution in [0.5, 0.6) is 0 Å². The van der Waals surface area contributed by atoms with Gasteiger partial charge in [0, 0.05) is 32.4 Å². The molecule has 1 aliphatic rings. The third-order valence-electron chi connectivity index (χ3n) is 3.80. The summed E-state index contributed by atoms with van der Waals surface area (Å²) in [6, 6.07) is 0. The van der Waals surface area contributed by atoms with Crippen molar-refractivity contribution in [3.8, 4) is 0 Å². The van der Waals surface area contributed by atoms with E-state index in [-0.39, 0.29) is 4.90 Å². The minimum atomic E-state index is -3.42. The maximum Gasteiger partial charge on any atom is 0.246 e. The lowest BCUT2D eigenvalue weighted by atomic mass is 9.98. The molecule has 8 heteroatoms. The molecule has 120 valence electrons. The quantitative estimate of drug-likeness (QED) is 0.786. The summed E-state index contributed by atoms with van der Waals surface area (Å²) in [6.45, 7) is 3.16. The summed E-state index contributed by atoms with van der Waals surface area (Å²) in [6.07, 6.45) is 4.80. The van der Waals surface area contributed by atoms with E-state index in [1.54, 1.807) is 15.2 Å². The van der Waals surface area contributed by atoms with Gasteiger partial charge in [0.05, 0.1) is 12.7 Å². The molecule has 21 heavy (non-hydrogen) atoms. The van der Waals surface area contributed by atoms with Crippen LogP contribution in [0.1, 0.15) is 12.8 Å². The van der Waals surface area contributed by atoms with E-state index in [1.165, 1.54) is 6.20 Å². The number of hydrogen-bond acceptors (Lipinski definition) is 5. The summed E-state index contributed by atoms with van der Waals surface area (Å²) in [5.41, 5.74) is 5.45. The minimum absolute atomic E-state index is 0.266. The third-order valence-corrected chi connectivity index (χ3v) is 5.65. The zero-order valence-electron chi connectivity index (χ0n) is 12.8. The molecule has 0 unspecified atom stereocenters. The Balaban J connectivity index is 2.00. The van der Waals surface area contributed by atoms with Gasteiger partial charge in [-0.3, -0.25) is 4.68 Å². The van der Waals surface area contributed by atoms with Gasteiger partial charge in [-0.2, -0.15) is 9.40 Å². The molecule has 1 saturated heterocycles. The Hall–Kier alpha value is -0.960. The van der Waals surface area contributed by atoms with Gasteiger partial charge in [0.2, 0.25) is 10.0 Å². The van der Waals surface area contributed by atoms with Crippen molar-refractivity contribution in [1.29, 1.82) is 0 Å². The molecular formula is C13H25N5O2S. The molecule has 0 radical (unpaired) electrons. The van der Waals surface area contributed by atoms with Crippen LogP contribution >= 0.6 is 0 Å². The molecule has 0 amide bonds. The molecule has 2 heterocycles. The van der Waals surface area contributed by atoms with Crippen molar-refractivity contribution >= 4 is 10.0 Å². The van der Waals surface area contributed by atoms with Gasteiger partial charge in [0.15, 0.2) is 0 Å². The van der Waals surface area contributed by atoms with Gasteiger partial charge in [-0.1, -0.05) is 0 Å². The second-order valence-corrected chi connectivity index (χ2v) is 7.78. The van der Waals surface area contributed by atoms with Crippen molar-refractivity contribution in [2.24, 2.45) is 11.7 Å². The molecule has 0 atom stereocenters. The first-order chi connectivity index (χ1) is 9.93. The van der Waals surface area contributed by atoms with Crippen LogP contribution in [0.4, 0.5) is 0 Å². The highest BCUT2D eigenvalue weighted by atomic mass is 32.2. The first kappa shape index (κ1) is 16.4. The van der Waals surface area contributed by atoms with Gasteiger partial charge in [-0.15, -0.1) is 0 Å². The van der Waals surface area contributed by atoms with Crippen molar-refractivity contribution in [1.82, 2.24) is 19.0 Å². The average molecular weight is 315 g/mol. The Labute approximate surface area is 126 Å². The van der Waals surface area contributed by atoms with Crippen LogP contribution in [0.3, 0.4) is 0 Å². The fourth-order valence-electron chi connectivity index (χ4n) is 2.73. The van der Waals surface area contributed by atoms with Crippen molar-refractivity contribution in [2.75, 3.05) is 40.3 Å². The van der Waals surface area contributed by atoms with Crippen molar-refractivity contribution < 1.29 is 8.42 Å². The number of nitrogens with zero attached hydrogens (tertiary/aromatic N) is 4. The maximum absolute atomic E-state index is 12.6. The van der Waals surface area contributed by atoms with Gasteiger partial charge < -0.3 is 10.6 Å². The molecule has 2 N–H and O–H groups in total. The van der Waals surface area contributed by atoms with Gasteiger partial charge in [0.1, 0.15) is 4.90 Å². The second-order valence-electron chi connectivity index (χ2n) is 5.84. The Kier molecular flexibility index (Phi) is 5.37. The zero-order chi connectivity index (χ0) is 15.5. The summed E-state index contributed by atoms with van der Waals surface area (Å²) in [5, 5.41) is 4.05. The summed E-state index contributed by atoms with van der Waals surface area (Å²) in [5.74, 6) is 0.575. The maximum atomic E-state index is 12.6. The third kappa shape index (κ3) is 4.03. The van der Waals surface area contributed by atoms with E-state index in [0.717, 1.165) is 19.4 Å². The minimum Gasteiger partial charge on any atom is -0.329 e. The van der Waals surface area contributed by atoms with Crippen molar-refractivity contribution in [2.45, 2.75) is 24.3 Å². The van der Waals surface area contributed by atoms with Crippen LogP contribution in [0.25, 0.3) is 0 Å². The molecule has 1 aromatic rings. The first-order valence-electron chi connectivity index (χ1n) is 7.31. The Morgan fingerprint density at radius 2 is 2.05 bits per heavy atom. The number of sulfonamides is 1. The van der Waals surface area contributed by atoms with E-state index < -0.39 is 10.0 Å². The van der Waals surface area contributed by atoms with Crippen LogP contribution in [-0.4, -0.2) is 67.7 Å². The van der Waals surface area contributed by atoms with E-state index in [9.17, 15) is 8.42 Å². The Morgan fingerprint density at radius 3 is 2.62 bits per heavy atom. The molecule has 0 spiro atoms. The normalized spacial score (nSPS) is 18.5. The standard InChI is InChI=1S/C13H25N5O2S/c1-16(2)10-12-3-6-18(7-4-12)21(19,20)13-9-15-17(11-13)8-5-14/h9,11-12H,3-8,10,14H2,1-2H3. The summed E-state index contributed by atoms with van der Waals surface area (Å²) in [4.78, 5) is 2.42. The predicted molar refractivity (Wildman–Crippen MR) is 81.3 cm³/mol. The van der Waals surface area contributed by atoms with Crippen LogP contribution < -0.4 is 5.73 Å². The van der Waals surface area contributed by atoms with E-state index >= 15 is 0 Å². The first-order valence-corrected chi connectivity index (χ1v) is 8.75. The highest BCUT2D eigenvalue weighted by molar-refractivity contribution is 7.89. The Bertz CT molecular complexity index is 547. The fourth-order valence-corrected chi connectivity index (χ4v) is 4.15. The predicted octanol–water partition coefficient (Wildman–Crippen LogP) is -0.196. The fraction of sp³-hybridized carbons (Fsp3) is 0.769. The molecule has 7 nitrogen and oxygen atoms in total. The number of piperidine rings is 1. The molecule has 2 rings (SSSR count). The number of rotatable bonds is 6. The molecular weight excluding hydrogens is 290 g/mol. The topological polar surface area (TPSA) is 84.5 Å². The number of aromatic nitrogens is 2. The van der Waals surface area contributed by atoms with Crippen molar-refractivity contribution in [3.63, 3.8) is 0 Å². The largest absolute Gasteiger partial charge is 0.329 e. The van der Waals surface area contributed by atoms with Gasteiger partial charge in [-0.25, -0.2) is 8.42 Å². The van der Waals surface area contributed by atoms with Crippen LogP contribution in [0.2, 0.25) is 0 Å². The van der Waals surface area contributed by atoms with Crippen molar-refractivity contribution in [3.05, 3.63) is 12.4 Å². The molecule has 1 aliphatic heterocycles. The Morgan fingerprint density at radius 1 is 1.38 bits per heavy atom. The number of hydrogen-bond donors (Lipinski definition) is 1. The molecule has 1 aromatic heterocycles. The monoisotopic (exact) mass is 315 g/mol. The smallest absolute Gasteiger partial charge is 0.246 e. The van der Waals surface area contributed by atoms with E-state index in [2.05, 4.69) is 24.1 Å². The molecule has 0 aromatic carbocycles. The highest BCUT2D eigenvalue weighted by Gasteiger charge is 2.30. The van der Waals surface area contributed by atoms with Gasteiger partial charge in [-0.05, 0) is 32.9 Å². The van der Waals surface area contributed by atoms with Crippen LogP contribution in [0.15, 0.2) is 17.3 Å². The van der Waals surface area contributed by atoms with Gasteiger partial charge in [0.25, 0.3) is 0 Å². The molecule has 0 saturated carbocycles. The van der Waals surface area contributed by atoms with Crippen LogP contribution in [-0.2, 0) is 16.6 Å². The van der Waals surface area contributed by atoms with Crippen LogP contribution in [0, 0.1) is 5.92 Å². The average Bonchev–Trinajstić information content (AvgIpc) is 2.88. The second kappa shape index (κ2) is 6.87. The zero-order valence-corrected chi connectivity index (χ0v) is 13.6. The van der Waals surface area contributed by atoms with E-state index in [4.69, 9.17) is 5.73 Å². The number of nitrogens with two attached hydrogens (primary N) is 1. The SMILES string of the molecule is CN(C)CC1CCN(S(=O)(=O)c2cnn(CCN)c2)CC1. The molecule has 0 aliphatic carbocycles. The lowest BCUT2D eigenvalue weighted by Gasteiger charge is -2.32. The summed E-state index contributed by atoms with van der Waals surface area (Å²) >= 11 is 0. The van der Waals surface area contributed by atoms with E-state index in [1.807, 2.05) is 0 Å².